The number of alkyl halides is 2. The second kappa shape index (κ2) is 5.93. The zero-order valence-electron chi connectivity index (χ0n) is 14.1. The van der Waals surface area contributed by atoms with Gasteiger partial charge in [-0.1, -0.05) is 24.6 Å². The molecule has 6 heteroatoms. The Morgan fingerprint density at radius 3 is 2.44 bits per heavy atom. The molecule has 0 aliphatic heterocycles. The quantitative estimate of drug-likeness (QED) is 0.890. The SMILES string of the molecule is Cn1nc(C2CC(F)(F)C2)c(C2CCC2)c1NC(=O)c1ccccc1. The minimum atomic E-state index is -2.58. The summed E-state index contributed by atoms with van der Waals surface area (Å²) in [5.74, 6) is -2.02. The Morgan fingerprint density at radius 2 is 1.88 bits per heavy atom. The van der Waals surface area contributed by atoms with Gasteiger partial charge in [-0.2, -0.15) is 5.10 Å². The predicted molar refractivity (Wildman–Crippen MR) is 91.1 cm³/mol. The third kappa shape index (κ3) is 2.94. The molecule has 0 bridgehead atoms. The fraction of sp³-hybridized carbons (Fsp3) is 0.474. The smallest absolute Gasteiger partial charge is 0.256 e. The monoisotopic (exact) mass is 345 g/mol. The van der Waals surface area contributed by atoms with Crippen LogP contribution < -0.4 is 5.32 Å². The first kappa shape index (κ1) is 16.2. The number of carbonyl (C=O) groups is 1. The van der Waals surface area contributed by atoms with E-state index in [2.05, 4.69) is 10.4 Å². The van der Waals surface area contributed by atoms with Crippen molar-refractivity contribution in [3.05, 3.63) is 47.2 Å². The molecule has 0 radical (unpaired) electrons. The van der Waals surface area contributed by atoms with E-state index in [0.717, 1.165) is 30.5 Å². The molecule has 2 aromatic rings. The molecule has 132 valence electrons. The highest BCUT2D eigenvalue weighted by Crippen LogP contribution is 2.52. The van der Waals surface area contributed by atoms with Crippen molar-refractivity contribution in [3.63, 3.8) is 0 Å². The second-order valence-electron chi connectivity index (χ2n) is 7.18. The highest BCUT2D eigenvalue weighted by molar-refractivity contribution is 6.04. The number of benzene rings is 1. The number of carbonyl (C=O) groups excluding carboxylic acids is 1. The van der Waals surface area contributed by atoms with E-state index >= 15 is 0 Å². The van der Waals surface area contributed by atoms with Crippen LogP contribution in [-0.2, 0) is 7.05 Å². The highest BCUT2D eigenvalue weighted by atomic mass is 19.3. The number of aromatic nitrogens is 2. The van der Waals surface area contributed by atoms with Crippen molar-refractivity contribution in [3.8, 4) is 0 Å². The Bertz CT molecular complexity index is 789. The topological polar surface area (TPSA) is 46.9 Å². The van der Waals surface area contributed by atoms with Crippen LogP contribution in [0.5, 0.6) is 0 Å². The second-order valence-corrected chi connectivity index (χ2v) is 7.18. The van der Waals surface area contributed by atoms with Gasteiger partial charge in [0.1, 0.15) is 5.82 Å². The van der Waals surface area contributed by atoms with Gasteiger partial charge >= 0.3 is 0 Å². The first-order valence-electron chi connectivity index (χ1n) is 8.75. The van der Waals surface area contributed by atoms with Gasteiger partial charge in [0.05, 0.1) is 5.69 Å². The van der Waals surface area contributed by atoms with Crippen LogP contribution >= 0.6 is 0 Å². The molecular formula is C19H21F2N3O. The number of hydrogen-bond acceptors (Lipinski definition) is 2. The van der Waals surface area contributed by atoms with Crippen LogP contribution in [0, 0.1) is 0 Å². The van der Waals surface area contributed by atoms with Crippen LogP contribution in [0.1, 0.15) is 65.6 Å². The minimum absolute atomic E-state index is 0.143. The number of hydrogen-bond donors (Lipinski definition) is 1. The van der Waals surface area contributed by atoms with Crippen LogP contribution in [0.4, 0.5) is 14.6 Å². The van der Waals surface area contributed by atoms with E-state index in [1.54, 1.807) is 23.9 Å². The van der Waals surface area contributed by atoms with Gasteiger partial charge in [-0.3, -0.25) is 9.48 Å². The van der Waals surface area contributed by atoms with Crippen LogP contribution in [0.2, 0.25) is 0 Å². The molecule has 2 aliphatic carbocycles. The summed E-state index contributed by atoms with van der Waals surface area (Å²) in [5, 5.41) is 7.48. The summed E-state index contributed by atoms with van der Waals surface area (Å²) < 4.78 is 28.3. The van der Waals surface area contributed by atoms with Gasteiger partial charge < -0.3 is 5.32 Å². The molecular weight excluding hydrogens is 324 g/mol. The fourth-order valence-electron chi connectivity index (χ4n) is 3.73. The number of rotatable bonds is 4. The number of amides is 1. The number of aryl methyl sites for hydroxylation is 1. The molecule has 0 unspecified atom stereocenters. The number of anilines is 1. The molecule has 25 heavy (non-hydrogen) atoms. The van der Waals surface area contributed by atoms with E-state index in [0.29, 0.717) is 17.3 Å². The molecule has 1 N–H and O–H groups in total. The lowest BCUT2D eigenvalue weighted by molar-refractivity contribution is -0.0879. The van der Waals surface area contributed by atoms with Gasteiger partial charge in [0.25, 0.3) is 5.91 Å². The van der Waals surface area contributed by atoms with Gasteiger partial charge in [0.15, 0.2) is 0 Å². The van der Waals surface area contributed by atoms with E-state index in [1.165, 1.54) is 0 Å². The van der Waals surface area contributed by atoms with Crippen molar-refractivity contribution in [2.75, 3.05) is 5.32 Å². The molecule has 0 saturated heterocycles. The molecule has 0 spiro atoms. The lowest BCUT2D eigenvalue weighted by Crippen LogP contribution is -2.34. The molecule has 2 saturated carbocycles. The summed E-state index contributed by atoms with van der Waals surface area (Å²) >= 11 is 0. The van der Waals surface area contributed by atoms with Crippen molar-refractivity contribution < 1.29 is 13.6 Å². The number of nitrogens with zero attached hydrogens (tertiary/aromatic N) is 2. The first-order chi connectivity index (χ1) is 11.9. The Labute approximate surface area is 145 Å². The highest BCUT2D eigenvalue weighted by Gasteiger charge is 2.49. The van der Waals surface area contributed by atoms with Crippen molar-refractivity contribution >= 4 is 11.7 Å². The van der Waals surface area contributed by atoms with E-state index in [1.807, 2.05) is 18.2 Å². The van der Waals surface area contributed by atoms with Gasteiger partial charge in [0.2, 0.25) is 5.92 Å². The third-order valence-corrected chi connectivity index (χ3v) is 5.37. The molecule has 1 heterocycles. The lowest BCUT2D eigenvalue weighted by Gasteiger charge is -2.36. The van der Waals surface area contributed by atoms with Crippen molar-refractivity contribution in [1.29, 1.82) is 0 Å². The molecule has 4 nitrogen and oxygen atoms in total. The largest absolute Gasteiger partial charge is 0.307 e. The van der Waals surface area contributed by atoms with Crippen LogP contribution in [0.15, 0.2) is 30.3 Å². The van der Waals surface area contributed by atoms with E-state index in [-0.39, 0.29) is 24.7 Å². The minimum Gasteiger partial charge on any atom is -0.307 e. The van der Waals surface area contributed by atoms with Gasteiger partial charge in [-0.05, 0) is 30.9 Å². The van der Waals surface area contributed by atoms with Crippen molar-refractivity contribution in [2.24, 2.45) is 7.05 Å². The average Bonchev–Trinajstić information content (AvgIpc) is 2.81. The third-order valence-electron chi connectivity index (χ3n) is 5.37. The molecule has 4 rings (SSSR count). The molecule has 1 aromatic carbocycles. The summed E-state index contributed by atoms with van der Waals surface area (Å²) in [4.78, 5) is 12.5. The first-order valence-corrected chi connectivity index (χ1v) is 8.75. The number of halogens is 2. The van der Waals surface area contributed by atoms with Crippen LogP contribution in [0.25, 0.3) is 0 Å². The summed E-state index contributed by atoms with van der Waals surface area (Å²) in [5.41, 5.74) is 2.29. The maximum atomic E-state index is 13.3. The summed E-state index contributed by atoms with van der Waals surface area (Å²) in [6.07, 6.45) is 2.89. The Hall–Kier alpha value is -2.24. The van der Waals surface area contributed by atoms with Crippen LogP contribution in [0.3, 0.4) is 0 Å². The summed E-state index contributed by atoms with van der Waals surface area (Å²) in [6.45, 7) is 0. The Kier molecular flexibility index (Phi) is 3.85. The maximum absolute atomic E-state index is 13.3. The van der Waals surface area contributed by atoms with E-state index < -0.39 is 5.92 Å². The fourth-order valence-corrected chi connectivity index (χ4v) is 3.73. The normalized spacial score (nSPS) is 20.0. The van der Waals surface area contributed by atoms with Crippen molar-refractivity contribution in [1.82, 2.24) is 9.78 Å². The standard InChI is InChI=1S/C19H21F2N3O/c1-24-17(22-18(25)13-6-3-2-4-7-13)15(12-8-5-9-12)16(23-24)14-10-19(20,21)11-14/h2-4,6-7,12,14H,5,8-11H2,1H3,(H,22,25). The van der Waals surface area contributed by atoms with Gasteiger partial charge in [-0.15, -0.1) is 0 Å². The maximum Gasteiger partial charge on any atom is 0.256 e. The summed E-state index contributed by atoms with van der Waals surface area (Å²) in [7, 11) is 1.77. The zero-order chi connectivity index (χ0) is 17.6. The van der Waals surface area contributed by atoms with Crippen molar-refractivity contribution in [2.45, 2.75) is 49.9 Å². The van der Waals surface area contributed by atoms with Gasteiger partial charge in [0, 0.05) is 36.9 Å². The molecule has 1 aromatic heterocycles. The molecule has 1 amide bonds. The lowest BCUT2D eigenvalue weighted by atomic mass is 9.73. The molecule has 0 atom stereocenters. The Balaban J connectivity index is 1.65. The summed E-state index contributed by atoms with van der Waals surface area (Å²) in [6, 6.07) is 8.99. The molecule has 2 aliphatic rings. The van der Waals surface area contributed by atoms with E-state index in [9.17, 15) is 13.6 Å². The zero-order valence-corrected chi connectivity index (χ0v) is 14.1. The predicted octanol–water partition coefficient (Wildman–Crippen LogP) is 4.45. The number of nitrogens with one attached hydrogen (secondary N) is 1. The van der Waals surface area contributed by atoms with Gasteiger partial charge in [-0.25, -0.2) is 8.78 Å². The Morgan fingerprint density at radius 1 is 1.20 bits per heavy atom. The van der Waals surface area contributed by atoms with Crippen LogP contribution in [-0.4, -0.2) is 21.6 Å². The average molecular weight is 345 g/mol. The van der Waals surface area contributed by atoms with E-state index in [4.69, 9.17) is 0 Å². The molecule has 2 fully saturated rings.